The Kier molecular flexibility index (Phi) is 10.6. The SMILES string of the molecule is COC(=O)N[C@@H](CC/C=C/C(=O)N(C)C)C(=O)Nc1cccn(Cc2cc3cc(F)cc(OCC(F)F)c3[nH]2)c1=O. The van der Waals surface area contributed by atoms with Gasteiger partial charge in [-0.05, 0) is 43.2 Å². The van der Waals surface area contributed by atoms with Crippen molar-refractivity contribution in [1.29, 1.82) is 0 Å². The quantitative estimate of drug-likeness (QED) is 0.283. The summed E-state index contributed by atoms with van der Waals surface area (Å²) in [4.78, 5) is 53.9. The Morgan fingerprint density at radius 2 is 1.95 bits per heavy atom. The van der Waals surface area contributed by atoms with E-state index in [1.165, 1.54) is 39.9 Å². The first kappa shape index (κ1) is 30.8. The Bertz CT molecular complexity index is 1480. The average molecular weight is 578 g/mol. The maximum atomic E-state index is 14.0. The van der Waals surface area contributed by atoms with E-state index in [2.05, 4.69) is 20.4 Å². The molecule has 3 amide bonds. The van der Waals surface area contributed by atoms with Gasteiger partial charge < -0.3 is 34.6 Å². The lowest BCUT2D eigenvalue weighted by molar-refractivity contribution is -0.123. The third-order valence-electron chi connectivity index (χ3n) is 5.81. The monoisotopic (exact) mass is 577 g/mol. The molecule has 3 N–H and O–H groups in total. The van der Waals surface area contributed by atoms with Crippen LogP contribution in [0.1, 0.15) is 18.5 Å². The predicted molar refractivity (Wildman–Crippen MR) is 145 cm³/mol. The molecule has 11 nitrogen and oxygen atoms in total. The van der Waals surface area contributed by atoms with Crippen molar-refractivity contribution in [3.05, 3.63) is 70.5 Å². The predicted octanol–water partition coefficient (Wildman–Crippen LogP) is 3.25. The molecule has 3 aromatic rings. The lowest BCUT2D eigenvalue weighted by Gasteiger charge is -2.17. The number of anilines is 1. The van der Waals surface area contributed by atoms with Gasteiger partial charge in [-0.25, -0.2) is 18.0 Å². The molecule has 1 atom stereocenters. The molecule has 0 saturated carbocycles. The van der Waals surface area contributed by atoms with E-state index in [0.29, 0.717) is 11.1 Å². The van der Waals surface area contributed by atoms with Gasteiger partial charge in [-0.3, -0.25) is 14.4 Å². The number of halogens is 3. The highest BCUT2D eigenvalue weighted by Crippen LogP contribution is 2.28. The fourth-order valence-electron chi connectivity index (χ4n) is 3.81. The second-order valence-electron chi connectivity index (χ2n) is 9.11. The number of nitrogens with zero attached hydrogens (tertiary/aromatic N) is 2. The standard InChI is InChI=1S/C27H30F3N5O6/c1-34(2)23(36)9-5-4-7-19(33-27(39)40-3)25(37)32-20-8-6-10-35(26(20)38)14-18-12-16-11-17(28)13-21(24(16)31-18)41-15-22(29)30/h5-6,8-13,19,22,31H,4,7,14-15H2,1-3H3,(H,32,37)(H,33,39)/b9-5+/t19-/m0/s1. The summed E-state index contributed by atoms with van der Waals surface area (Å²) in [6.07, 6.45) is 1.16. The molecule has 1 aromatic carbocycles. The zero-order chi connectivity index (χ0) is 30.1. The summed E-state index contributed by atoms with van der Waals surface area (Å²) in [5.74, 6) is -1.69. The second kappa shape index (κ2) is 14.1. The van der Waals surface area contributed by atoms with Crippen molar-refractivity contribution in [3.8, 4) is 5.75 Å². The minimum Gasteiger partial charge on any atom is -0.485 e. The topological polar surface area (TPSA) is 135 Å². The molecule has 14 heteroatoms. The van der Waals surface area contributed by atoms with Crippen LogP contribution < -0.4 is 20.9 Å². The van der Waals surface area contributed by atoms with Crippen LogP contribution in [0, 0.1) is 5.82 Å². The number of amides is 3. The number of aromatic nitrogens is 2. The summed E-state index contributed by atoms with van der Waals surface area (Å²) < 4.78 is 50.1. The van der Waals surface area contributed by atoms with Crippen LogP contribution in [0.15, 0.2) is 53.5 Å². The fourth-order valence-corrected chi connectivity index (χ4v) is 3.81. The van der Waals surface area contributed by atoms with E-state index in [0.717, 1.165) is 13.2 Å². The Morgan fingerprint density at radius 3 is 2.63 bits per heavy atom. The maximum absolute atomic E-state index is 14.0. The van der Waals surface area contributed by atoms with Gasteiger partial charge in [0, 0.05) is 37.4 Å². The summed E-state index contributed by atoms with van der Waals surface area (Å²) in [5.41, 5.74) is 0.0868. The van der Waals surface area contributed by atoms with E-state index in [-0.39, 0.29) is 42.2 Å². The molecule has 220 valence electrons. The van der Waals surface area contributed by atoms with Gasteiger partial charge in [0.05, 0.1) is 19.2 Å². The van der Waals surface area contributed by atoms with E-state index in [1.807, 2.05) is 0 Å². The number of alkyl carbamates (subject to hydrolysis) is 1. The zero-order valence-electron chi connectivity index (χ0n) is 22.6. The van der Waals surface area contributed by atoms with Crippen LogP contribution in [0.25, 0.3) is 10.9 Å². The molecule has 0 aliphatic carbocycles. The number of pyridine rings is 1. The van der Waals surface area contributed by atoms with Gasteiger partial charge in [0.1, 0.15) is 29.9 Å². The molecule has 2 aromatic heterocycles. The largest absolute Gasteiger partial charge is 0.485 e. The summed E-state index contributed by atoms with van der Waals surface area (Å²) in [6, 6.07) is 5.57. The van der Waals surface area contributed by atoms with Gasteiger partial charge in [-0.2, -0.15) is 0 Å². The van der Waals surface area contributed by atoms with Gasteiger partial charge in [-0.15, -0.1) is 0 Å². The number of rotatable bonds is 12. The van der Waals surface area contributed by atoms with Crippen LogP contribution in [-0.4, -0.2) is 72.6 Å². The Balaban J connectivity index is 1.77. The van der Waals surface area contributed by atoms with Gasteiger partial charge in [0.25, 0.3) is 12.0 Å². The van der Waals surface area contributed by atoms with Crippen molar-refractivity contribution in [3.63, 3.8) is 0 Å². The first-order valence-electron chi connectivity index (χ1n) is 12.4. The number of hydrogen-bond donors (Lipinski definition) is 3. The molecule has 0 saturated heterocycles. The lowest BCUT2D eigenvalue weighted by Crippen LogP contribution is -2.44. The molecular weight excluding hydrogens is 547 g/mol. The van der Waals surface area contributed by atoms with Crippen molar-refractivity contribution >= 4 is 34.5 Å². The first-order chi connectivity index (χ1) is 19.5. The molecule has 0 bridgehead atoms. The third kappa shape index (κ3) is 8.62. The van der Waals surface area contributed by atoms with Gasteiger partial charge in [0.15, 0.2) is 0 Å². The Morgan fingerprint density at radius 1 is 1.20 bits per heavy atom. The molecule has 0 spiro atoms. The molecular formula is C27H30F3N5O6. The highest BCUT2D eigenvalue weighted by Gasteiger charge is 2.22. The summed E-state index contributed by atoms with van der Waals surface area (Å²) in [5, 5.41) is 5.28. The molecule has 41 heavy (non-hydrogen) atoms. The minimum atomic E-state index is -2.74. The Labute approximate surface area is 232 Å². The van der Waals surface area contributed by atoms with Crippen molar-refractivity contribution in [1.82, 2.24) is 19.8 Å². The number of ether oxygens (including phenoxy) is 2. The number of fused-ring (bicyclic) bond motifs is 1. The van der Waals surface area contributed by atoms with E-state index in [4.69, 9.17) is 4.74 Å². The van der Waals surface area contributed by atoms with E-state index in [9.17, 15) is 32.3 Å². The Hall–Kier alpha value is -4.75. The highest BCUT2D eigenvalue weighted by atomic mass is 19.3. The van der Waals surface area contributed by atoms with Gasteiger partial charge >= 0.3 is 6.09 Å². The smallest absolute Gasteiger partial charge is 0.407 e. The lowest BCUT2D eigenvalue weighted by atomic mass is 10.1. The number of hydrogen-bond acceptors (Lipinski definition) is 6. The number of benzene rings is 1. The van der Waals surface area contributed by atoms with Crippen LogP contribution in [0.5, 0.6) is 5.75 Å². The molecule has 0 radical (unpaired) electrons. The van der Waals surface area contributed by atoms with Crippen LogP contribution in [0.2, 0.25) is 0 Å². The summed E-state index contributed by atoms with van der Waals surface area (Å²) in [7, 11) is 4.33. The van der Waals surface area contributed by atoms with Crippen LogP contribution in [-0.2, 0) is 20.9 Å². The number of methoxy groups -OCH3 is 1. The van der Waals surface area contributed by atoms with E-state index < -0.39 is 42.5 Å². The van der Waals surface area contributed by atoms with Crippen molar-refractivity contribution in [2.24, 2.45) is 0 Å². The molecule has 2 heterocycles. The minimum absolute atomic E-state index is 0.0261. The maximum Gasteiger partial charge on any atom is 0.407 e. The number of nitrogens with one attached hydrogen (secondary N) is 3. The summed E-state index contributed by atoms with van der Waals surface area (Å²) in [6.45, 7) is -0.938. The normalized spacial score (nSPS) is 12.0. The molecule has 0 unspecified atom stereocenters. The number of carbonyl (C=O) groups excluding carboxylic acids is 3. The second-order valence-corrected chi connectivity index (χ2v) is 9.11. The van der Waals surface area contributed by atoms with Gasteiger partial charge in [0.2, 0.25) is 11.8 Å². The van der Waals surface area contributed by atoms with Crippen LogP contribution in [0.3, 0.4) is 0 Å². The highest BCUT2D eigenvalue weighted by molar-refractivity contribution is 5.96. The number of likely N-dealkylation sites (N-methyl/N-ethyl adjacent to an activating group) is 1. The van der Waals surface area contributed by atoms with E-state index >= 15 is 0 Å². The third-order valence-corrected chi connectivity index (χ3v) is 5.81. The van der Waals surface area contributed by atoms with E-state index in [1.54, 1.807) is 26.2 Å². The number of H-pyrrole nitrogens is 1. The van der Waals surface area contributed by atoms with Crippen molar-refractivity contribution in [2.45, 2.75) is 31.9 Å². The summed E-state index contributed by atoms with van der Waals surface area (Å²) >= 11 is 0. The average Bonchev–Trinajstić information content (AvgIpc) is 3.32. The number of allylic oxidation sites excluding steroid dienone is 1. The molecule has 0 aliphatic heterocycles. The number of carbonyl (C=O) groups is 3. The van der Waals surface area contributed by atoms with Crippen LogP contribution >= 0.6 is 0 Å². The first-order valence-corrected chi connectivity index (χ1v) is 12.4. The van der Waals surface area contributed by atoms with Crippen molar-refractivity contribution in [2.75, 3.05) is 33.1 Å². The number of aromatic amines is 1. The molecule has 0 fully saturated rings. The molecule has 3 rings (SSSR count). The van der Waals surface area contributed by atoms with Crippen molar-refractivity contribution < 1.29 is 37.0 Å². The molecule has 0 aliphatic rings. The van der Waals surface area contributed by atoms with Crippen LogP contribution in [0.4, 0.5) is 23.7 Å². The fraction of sp³-hybridized carbons (Fsp3) is 0.333. The van der Waals surface area contributed by atoms with Gasteiger partial charge in [-0.1, -0.05) is 6.08 Å². The number of alkyl halides is 2. The zero-order valence-corrected chi connectivity index (χ0v) is 22.6.